The Balaban J connectivity index is 1.33. The van der Waals surface area contributed by atoms with Crippen LogP contribution in [0, 0.1) is 0 Å². The van der Waals surface area contributed by atoms with Crippen LogP contribution in [-0.4, -0.2) is 46.5 Å². The highest BCUT2D eigenvalue weighted by atomic mass is 16.2. The van der Waals surface area contributed by atoms with Crippen molar-refractivity contribution in [3.63, 3.8) is 0 Å². The van der Waals surface area contributed by atoms with E-state index in [1.165, 1.54) is 5.69 Å². The number of nitrogens with zero attached hydrogens (tertiary/aromatic N) is 3. The van der Waals surface area contributed by atoms with Crippen molar-refractivity contribution >= 4 is 34.2 Å². The molecule has 168 valence electrons. The highest BCUT2D eigenvalue weighted by Crippen LogP contribution is 2.39. The number of nitrogens with one attached hydrogen (secondary N) is 2. The number of hydrogen-bond acceptors (Lipinski definition) is 5. The van der Waals surface area contributed by atoms with Crippen molar-refractivity contribution in [2.24, 2.45) is 0 Å². The van der Waals surface area contributed by atoms with Gasteiger partial charge in [0.15, 0.2) is 0 Å². The van der Waals surface area contributed by atoms with Gasteiger partial charge in [-0.25, -0.2) is 4.79 Å². The zero-order chi connectivity index (χ0) is 23.0. The molecule has 1 spiro atoms. The first-order chi connectivity index (χ1) is 15.7. The minimum absolute atomic E-state index is 0.0361. The zero-order valence-corrected chi connectivity index (χ0v) is 19.1. The lowest BCUT2D eigenvalue weighted by Crippen LogP contribution is -2.48. The maximum Gasteiger partial charge on any atom is 0.324 e. The van der Waals surface area contributed by atoms with E-state index in [-0.39, 0.29) is 17.5 Å². The Kier molecular flexibility index (Phi) is 4.07. The fraction of sp³-hybridized carbons (Fsp3) is 0.346. The molecule has 2 aliphatic heterocycles. The quantitative estimate of drug-likeness (QED) is 0.596. The van der Waals surface area contributed by atoms with Crippen molar-refractivity contribution in [2.45, 2.75) is 44.3 Å². The molecule has 2 N–H and O–H groups in total. The number of para-hydroxylation sites is 2. The first kappa shape index (κ1) is 20.0. The normalized spacial score (nSPS) is 23.0. The first-order valence-electron chi connectivity index (χ1n) is 11.4. The molecule has 0 saturated carbocycles. The minimum atomic E-state index is -0.810. The number of urea groups is 1. The van der Waals surface area contributed by atoms with Crippen molar-refractivity contribution < 1.29 is 9.59 Å². The second kappa shape index (κ2) is 6.70. The van der Waals surface area contributed by atoms with Crippen LogP contribution in [0.1, 0.15) is 30.7 Å². The lowest BCUT2D eigenvalue weighted by atomic mass is 9.95. The molecule has 1 aliphatic carbocycles. The van der Waals surface area contributed by atoms with Crippen LogP contribution in [0.15, 0.2) is 48.5 Å². The molecule has 33 heavy (non-hydrogen) atoms. The van der Waals surface area contributed by atoms with E-state index in [0.717, 1.165) is 46.5 Å². The molecule has 3 amide bonds. The molecular formula is C26H27N5O2. The Labute approximate surface area is 192 Å². The molecule has 7 nitrogen and oxygen atoms in total. The summed E-state index contributed by atoms with van der Waals surface area (Å²) in [4.78, 5) is 33.6. The molecule has 0 radical (unpaired) electrons. The molecule has 6 rings (SSSR count). The molecule has 1 atom stereocenters. The number of hydrogen-bond donors (Lipinski definition) is 2. The number of pyridine rings is 1. The summed E-state index contributed by atoms with van der Waals surface area (Å²) in [5, 5.41) is 7.15. The number of amides is 3. The summed E-state index contributed by atoms with van der Waals surface area (Å²) in [5.41, 5.74) is 5.64. The molecule has 1 aromatic heterocycles. The van der Waals surface area contributed by atoms with Gasteiger partial charge in [0.05, 0.1) is 29.1 Å². The van der Waals surface area contributed by atoms with Crippen LogP contribution >= 0.6 is 0 Å². The summed E-state index contributed by atoms with van der Waals surface area (Å²) in [6, 6.07) is 16.5. The number of rotatable bonds is 2. The maximum absolute atomic E-state index is 12.6. The molecule has 0 unspecified atom stereocenters. The van der Waals surface area contributed by atoms with Crippen LogP contribution in [-0.2, 0) is 24.2 Å². The van der Waals surface area contributed by atoms with E-state index in [4.69, 9.17) is 4.98 Å². The summed E-state index contributed by atoms with van der Waals surface area (Å²) in [6.07, 6.45) is 1.07. The number of anilines is 2. The van der Waals surface area contributed by atoms with Crippen LogP contribution in [0.2, 0.25) is 0 Å². The smallest absolute Gasteiger partial charge is 0.324 e. The minimum Gasteiger partial charge on any atom is -0.377 e. The monoisotopic (exact) mass is 441 g/mol. The molecule has 1 saturated heterocycles. The average molecular weight is 442 g/mol. The Morgan fingerprint density at radius 1 is 1.03 bits per heavy atom. The lowest BCUT2D eigenvalue weighted by Gasteiger charge is -2.42. The average Bonchev–Trinajstić information content (AvgIpc) is 3.24. The Bertz CT molecular complexity index is 1330. The fourth-order valence-electron chi connectivity index (χ4n) is 5.61. The van der Waals surface area contributed by atoms with E-state index in [1.807, 2.05) is 0 Å². The number of carbonyl (C=O) groups is 2. The summed E-state index contributed by atoms with van der Waals surface area (Å²) >= 11 is 0. The molecule has 3 aromatic rings. The molecule has 1 fully saturated rings. The molecule has 2 aromatic carbocycles. The highest BCUT2D eigenvalue weighted by molar-refractivity contribution is 6.07. The molecule has 0 bridgehead atoms. The predicted octanol–water partition coefficient (Wildman–Crippen LogP) is 3.46. The first-order valence-corrected chi connectivity index (χ1v) is 11.4. The summed E-state index contributed by atoms with van der Waals surface area (Å²) < 4.78 is 0. The van der Waals surface area contributed by atoms with Gasteiger partial charge < -0.3 is 15.1 Å². The summed E-state index contributed by atoms with van der Waals surface area (Å²) in [6.45, 7) is 6.03. The number of aromatic nitrogens is 1. The van der Waals surface area contributed by atoms with Gasteiger partial charge >= 0.3 is 6.03 Å². The van der Waals surface area contributed by atoms with Crippen molar-refractivity contribution in [1.82, 2.24) is 15.2 Å². The van der Waals surface area contributed by atoms with Crippen LogP contribution in [0.25, 0.3) is 10.9 Å². The van der Waals surface area contributed by atoms with E-state index < -0.39 is 5.54 Å². The van der Waals surface area contributed by atoms with Gasteiger partial charge in [0.1, 0.15) is 5.54 Å². The van der Waals surface area contributed by atoms with Crippen LogP contribution in [0.5, 0.6) is 0 Å². The Morgan fingerprint density at radius 2 is 1.79 bits per heavy atom. The number of imide groups is 1. The van der Waals surface area contributed by atoms with E-state index in [2.05, 4.69) is 77.9 Å². The van der Waals surface area contributed by atoms with E-state index in [9.17, 15) is 9.59 Å². The SMILES string of the molecule is CN1C(=O)NC(=O)[C@]12Cc1cc3ccc(CN4CC(C)(C)Nc5ccccc54)nc3cc1C2. The third-order valence-corrected chi connectivity index (χ3v) is 7.28. The van der Waals surface area contributed by atoms with Gasteiger partial charge in [-0.05, 0) is 55.3 Å². The third kappa shape index (κ3) is 3.06. The van der Waals surface area contributed by atoms with Crippen molar-refractivity contribution in [3.8, 4) is 0 Å². The second-order valence-electron chi connectivity index (χ2n) is 10.2. The highest BCUT2D eigenvalue weighted by Gasteiger charge is 2.54. The largest absolute Gasteiger partial charge is 0.377 e. The number of fused-ring (bicyclic) bond motifs is 3. The van der Waals surface area contributed by atoms with Crippen molar-refractivity contribution in [3.05, 3.63) is 65.4 Å². The molecule has 7 heteroatoms. The predicted molar refractivity (Wildman–Crippen MR) is 128 cm³/mol. The summed E-state index contributed by atoms with van der Waals surface area (Å²) in [7, 11) is 1.70. The lowest BCUT2D eigenvalue weighted by molar-refractivity contribution is -0.125. The number of carbonyl (C=O) groups excluding carboxylic acids is 2. The van der Waals surface area contributed by atoms with Gasteiger partial charge in [0, 0.05) is 37.4 Å². The van der Waals surface area contributed by atoms with Crippen LogP contribution in [0.4, 0.5) is 16.2 Å². The van der Waals surface area contributed by atoms with E-state index in [0.29, 0.717) is 12.8 Å². The van der Waals surface area contributed by atoms with Gasteiger partial charge in [-0.3, -0.25) is 15.1 Å². The third-order valence-electron chi connectivity index (χ3n) is 7.28. The summed E-state index contributed by atoms with van der Waals surface area (Å²) in [5.74, 6) is -0.205. The van der Waals surface area contributed by atoms with E-state index in [1.54, 1.807) is 11.9 Å². The van der Waals surface area contributed by atoms with E-state index >= 15 is 0 Å². The van der Waals surface area contributed by atoms with Gasteiger partial charge in [-0.2, -0.15) is 0 Å². The molecular weight excluding hydrogens is 414 g/mol. The van der Waals surface area contributed by atoms with Crippen LogP contribution in [0.3, 0.4) is 0 Å². The molecule has 3 aliphatic rings. The standard InChI is InChI=1S/C26H27N5O2/c1-25(2)15-31(22-7-5-4-6-20(22)29-25)14-19-9-8-16-10-17-12-26(13-18(17)11-21(16)27-19)23(32)28-24(33)30(26)3/h4-11,29H,12-15H2,1-3H3,(H,28,32,33)/t26-/m1/s1. The second-order valence-corrected chi connectivity index (χ2v) is 10.2. The van der Waals surface area contributed by atoms with Crippen molar-refractivity contribution in [2.75, 3.05) is 23.8 Å². The Morgan fingerprint density at radius 3 is 2.55 bits per heavy atom. The van der Waals surface area contributed by atoms with Crippen LogP contribution < -0.4 is 15.5 Å². The van der Waals surface area contributed by atoms with Crippen molar-refractivity contribution in [1.29, 1.82) is 0 Å². The zero-order valence-electron chi connectivity index (χ0n) is 19.1. The van der Waals surface area contributed by atoms with Gasteiger partial charge in [0.2, 0.25) is 0 Å². The number of likely N-dealkylation sites (N-methyl/N-ethyl adjacent to an activating group) is 1. The number of benzene rings is 2. The van der Waals surface area contributed by atoms with Gasteiger partial charge in [0.25, 0.3) is 5.91 Å². The van der Waals surface area contributed by atoms with Gasteiger partial charge in [-0.15, -0.1) is 0 Å². The Hall–Kier alpha value is -3.61. The molecule has 3 heterocycles. The topological polar surface area (TPSA) is 77.6 Å². The van der Waals surface area contributed by atoms with Gasteiger partial charge in [-0.1, -0.05) is 18.2 Å². The maximum atomic E-state index is 12.6. The fourth-order valence-corrected chi connectivity index (χ4v) is 5.61.